The van der Waals surface area contributed by atoms with Crippen molar-refractivity contribution < 1.29 is 17.9 Å². The largest absolute Gasteiger partial charge is 0.486 e. The number of primary sulfonamides is 1. The van der Waals surface area contributed by atoms with E-state index in [0.29, 0.717) is 23.5 Å². The minimum absolute atomic E-state index is 0.137. The number of nitrogens with two attached hydrogens (primary N) is 1. The van der Waals surface area contributed by atoms with Gasteiger partial charge in [-0.3, -0.25) is 0 Å². The lowest BCUT2D eigenvalue weighted by Crippen LogP contribution is -2.16. The summed E-state index contributed by atoms with van der Waals surface area (Å²) in [5.74, 6) is 0.635. The van der Waals surface area contributed by atoms with Crippen LogP contribution in [0.1, 0.15) is 25.3 Å². The van der Waals surface area contributed by atoms with Gasteiger partial charge in [-0.2, -0.15) is 0 Å². The van der Waals surface area contributed by atoms with E-state index >= 15 is 0 Å². The maximum Gasteiger partial charge on any atom is 0.241 e. The van der Waals surface area contributed by atoms with E-state index in [1.807, 2.05) is 6.07 Å². The molecule has 0 aliphatic rings. The number of nitrogens with one attached hydrogen (secondary N) is 1. The first-order valence-corrected chi connectivity index (χ1v) is 10.1. The molecule has 0 saturated carbocycles. The van der Waals surface area contributed by atoms with Crippen molar-refractivity contribution in [1.82, 2.24) is 0 Å². The molecule has 0 aliphatic carbocycles. The third-order valence-electron chi connectivity index (χ3n) is 3.59. The van der Waals surface area contributed by atoms with Crippen LogP contribution in [0.5, 0.6) is 11.5 Å². The minimum Gasteiger partial charge on any atom is -0.486 e. The molecule has 6 nitrogen and oxygen atoms in total. The molecule has 0 unspecified atom stereocenters. The van der Waals surface area contributed by atoms with Crippen molar-refractivity contribution in [2.24, 2.45) is 5.14 Å². The maximum absolute atomic E-state index is 12.2. The number of sulfonamides is 1. The van der Waals surface area contributed by atoms with Gasteiger partial charge in [-0.1, -0.05) is 31.5 Å². The highest BCUT2D eigenvalue weighted by Crippen LogP contribution is 2.37. The predicted molar refractivity (Wildman–Crippen MR) is 106 cm³/mol. The molecule has 0 fully saturated rings. The van der Waals surface area contributed by atoms with Gasteiger partial charge in [0.25, 0.3) is 0 Å². The molecule has 0 bridgehead atoms. The zero-order valence-electron chi connectivity index (χ0n) is 14.7. The Morgan fingerprint density at radius 2 is 1.92 bits per heavy atom. The van der Waals surface area contributed by atoms with E-state index in [1.165, 1.54) is 13.2 Å². The van der Waals surface area contributed by atoms with E-state index in [9.17, 15) is 8.42 Å². The minimum atomic E-state index is -4.05. The van der Waals surface area contributed by atoms with Gasteiger partial charge in [-0.05, 0) is 42.9 Å². The molecule has 140 valence electrons. The lowest BCUT2D eigenvalue weighted by atomic mass is 10.2. The quantitative estimate of drug-likeness (QED) is 0.524. The van der Waals surface area contributed by atoms with Gasteiger partial charge in [-0.25, -0.2) is 13.6 Å². The Morgan fingerprint density at radius 1 is 1.23 bits per heavy atom. The summed E-state index contributed by atoms with van der Waals surface area (Å²) in [5.41, 5.74) is 0.925. The molecule has 2 aromatic rings. The molecule has 0 heterocycles. The van der Waals surface area contributed by atoms with Gasteiger partial charge in [0, 0.05) is 12.1 Å². The molecule has 3 N–H and O–H groups in total. The van der Waals surface area contributed by atoms with Crippen LogP contribution in [0.15, 0.2) is 47.4 Å². The lowest BCUT2D eigenvalue weighted by molar-refractivity contribution is 0.415. The Kier molecular flexibility index (Phi) is 6.96. The molecular formula is C18H22N2O4S2. The van der Waals surface area contributed by atoms with Crippen molar-refractivity contribution in [2.45, 2.75) is 24.7 Å². The molecular weight excluding hydrogens is 372 g/mol. The van der Waals surface area contributed by atoms with Crippen LogP contribution in [0.4, 0.5) is 5.69 Å². The first-order valence-electron chi connectivity index (χ1n) is 8.12. The number of thiocarbonyl (C=S) groups is 1. The van der Waals surface area contributed by atoms with Gasteiger partial charge >= 0.3 is 0 Å². The van der Waals surface area contributed by atoms with Crippen LogP contribution in [0, 0.1) is 0 Å². The summed E-state index contributed by atoms with van der Waals surface area (Å²) in [7, 11) is -2.62. The molecule has 8 heteroatoms. The Hall–Kier alpha value is -2.16. The summed E-state index contributed by atoms with van der Waals surface area (Å²) in [4.78, 5) is -0.155. The zero-order valence-corrected chi connectivity index (χ0v) is 16.3. The molecule has 0 radical (unpaired) electrons. The van der Waals surface area contributed by atoms with E-state index < -0.39 is 10.0 Å². The second-order valence-corrected chi connectivity index (χ2v) is 7.48. The van der Waals surface area contributed by atoms with Gasteiger partial charge < -0.3 is 14.8 Å². The summed E-state index contributed by atoms with van der Waals surface area (Å²) >= 11 is 5.15. The fraction of sp³-hybridized carbons (Fsp3) is 0.278. The summed E-state index contributed by atoms with van der Waals surface area (Å²) in [6.07, 6.45) is 1.90. The first kappa shape index (κ1) is 20.2. The first-order chi connectivity index (χ1) is 12.4. The highest BCUT2D eigenvalue weighted by Gasteiger charge is 2.23. The third-order valence-corrected chi connectivity index (χ3v) is 4.91. The highest BCUT2D eigenvalue weighted by molar-refractivity contribution is 7.89. The topological polar surface area (TPSA) is 90.6 Å². The number of rotatable bonds is 8. The van der Waals surface area contributed by atoms with E-state index in [2.05, 4.69) is 12.2 Å². The maximum atomic E-state index is 12.2. The Labute approximate surface area is 159 Å². The summed E-state index contributed by atoms with van der Waals surface area (Å²) in [5, 5.41) is 8.80. The smallest absolute Gasteiger partial charge is 0.241 e. The van der Waals surface area contributed by atoms with Crippen LogP contribution in [0.25, 0.3) is 0 Å². The monoisotopic (exact) mass is 394 g/mol. The Morgan fingerprint density at radius 3 is 2.50 bits per heavy atom. The normalized spacial score (nSPS) is 11.0. The number of methoxy groups -OCH3 is 1. The second kappa shape index (κ2) is 8.98. The van der Waals surface area contributed by atoms with Crippen molar-refractivity contribution >= 4 is 33.0 Å². The van der Waals surface area contributed by atoms with E-state index in [4.69, 9.17) is 26.8 Å². The number of para-hydroxylation sites is 1. The van der Waals surface area contributed by atoms with Gasteiger partial charge in [0.05, 0.1) is 12.8 Å². The number of hydrogen-bond donors (Lipinski definition) is 2. The standard InChI is InChI=1S/C18H22N2O4S2/c1-3-4-10-20-15-11-13(18(25)23-2)12-16(26(19,21)22)17(15)24-14-8-6-5-7-9-14/h5-9,11-12,20H,3-4,10H2,1-2H3,(H2,19,21,22). The molecule has 0 aliphatic heterocycles. The third kappa shape index (κ3) is 5.17. The number of unbranched alkanes of at least 4 members (excludes halogenated alkanes) is 1. The highest BCUT2D eigenvalue weighted by atomic mass is 32.2. The molecule has 0 atom stereocenters. The number of ether oxygens (including phenoxy) is 2. The second-order valence-electron chi connectivity index (χ2n) is 5.58. The van der Waals surface area contributed by atoms with Crippen LogP contribution in [-0.4, -0.2) is 27.1 Å². The van der Waals surface area contributed by atoms with Crippen molar-refractivity contribution in [3.05, 3.63) is 48.0 Å². The number of hydrogen-bond acceptors (Lipinski definition) is 6. The molecule has 0 spiro atoms. The van der Waals surface area contributed by atoms with E-state index in [-0.39, 0.29) is 15.7 Å². The molecule has 26 heavy (non-hydrogen) atoms. The number of anilines is 1. The lowest BCUT2D eigenvalue weighted by Gasteiger charge is -2.18. The van der Waals surface area contributed by atoms with Crippen molar-refractivity contribution in [3.8, 4) is 11.5 Å². The summed E-state index contributed by atoms with van der Waals surface area (Å²) in [6.45, 7) is 2.71. The summed E-state index contributed by atoms with van der Waals surface area (Å²) < 4.78 is 35.3. The van der Waals surface area contributed by atoms with Gasteiger partial charge in [0.1, 0.15) is 10.6 Å². The fourth-order valence-electron chi connectivity index (χ4n) is 2.29. The molecule has 0 amide bonds. The van der Waals surface area contributed by atoms with Crippen LogP contribution < -0.4 is 15.2 Å². The van der Waals surface area contributed by atoms with Crippen molar-refractivity contribution in [1.29, 1.82) is 0 Å². The molecule has 0 aromatic heterocycles. The van der Waals surface area contributed by atoms with Crippen molar-refractivity contribution in [3.63, 3.8) is 0 Å². The van der Waals surface area contributed by atoms with Crippen molar-refractivity contribution in [2.75, 3.05) is 19.0 Å². The van der Waals surface area contributed by atoms with Crippen LogP contribution in [0.2, 0.25) is 0 Å². The summed E-state index contributed by atoms with van der Waals surface area (Å²) in [6, 6.07) is 12.0. The van der Waals surface area contributed by atoms with Crippen LogP contribution in [-0.2, 0) is 14.8 Å². The average Bonchev–Trinajstić information content (AvgIpc) is 2.62. The van der Waals surface area contributed by atoms with Gasteiger partial charge in [0.2, 0.25) is 10.0 Å². The molecule has 0 saturated heterocycles. The molecule has 2 aromatic carbocycles. The van der Waals surface area contributed by atoms with Gasteiger partial charge in [-0.15, -0.1) is 0 Å². The van der Waals surface area contributed by atoms with Crippen LogP contribution >= 0.6 is 12.2 Å². The van der Waals surface area contributed by atoms with Gasteiger partial charge in [0.15, 0.2) is 10.8 Å². The van der Waals surface area contributed by atoms with E-state index in [0.717, 1.165) is 12.8 Å². The molecule has 2 rings (SSSR count). The SMILES string of the molecule is CCCCNc1cc(C(=S)OC)cc(S(N)(=O)=O)c1Oc1ccccc1. The zero-order chi connectivity index (χ0) is 19.2. The number of benzene rings is 2. The fourth-order valence-corrected chi connectivity index (χ4v) is 3.11. The predicted octanol–water partition coefficient (Wildman–Crippen LogP) is 3.66. The average molecular weight is 395 g/mol. The van der Waals surface area contributed by atoms with E-state index in [1.54, 1.807) is 30.3 Å². The Bertz CT molecular complexity index is 868. The Balaban J connectivity index is 2.60. The van der Waals surface area contributed by atoms with Crippen LogP contribution in [0.3, 0.4) is 0 Å².